The maximum atomic E-state index is 12.3. The first-order chi connectivity index (χ1) is 12.1. The fourth-order valence-electron chi connectivity index (χ4n) is 2.56. The van der Waals surface area contributed by atoms with Crippen LogP contribution in [-0.4, -0.2) is 71.1 Å². The van der Waals surface area contributed by atoms with Gasteiger partial charge < -0.3 is 20.2 Å². The first-order valence-corrected chi connectivity index (χ1v) is 9.74. The van der Waals surface area contributed by atoms with Gasteiger partial charge in [0, 0.05) is 26.2 Å². The Bertz CT molecular complexity index is 586. The molecule has 0 aliphatic carbocycles. The van der Waals surface area contributed by atoms with Crippen molar-refractivity contribution in [3.63, 3.8) is 0 Å². The van der Waals surface area contributed by atoms with Gasteiger partial charge in [-0.2, -0.15) is 11.8 Å². The summed E-state index contributed by atoms with van der Waals surface area (Å²) in [4.78, 5) is 27.4. The summed E-state index contributed by atoms with van der Waals surface area (Å²) in [5, 5.41) is 11.8. The van der Waals surface area contributed by atoms with Gasteiger partial charge in [-0.3, -0.25) is 0 Å². The van der Waals surface area contributed by atoms with E-state index < -0.39 is 12.0 Å². The van der Waals surface area contributed by atoms with Crippen LogP contribution in [0.2, 0.25) is 0 Å². The summed E-state index contributed by atoms with van der Waals surface area (Å²) in [6, 6.07) is 8.95. The lowest BCUT2D eigenvalue weighted by molar-refractivity contribution is -0.139. The lowest BCUT2D eigenvalue weighted by Gasteiger charge is -2.34. The minimum absolute atomic E-state index is 0.291. The first-order valence-electron chi connectivity index (χ1n) is 8.34. The van der Waals surface area contributed by atoms with Crippen LogP contribution in [-0.2, 0) is 4.79 Å². The molecular weight excluding hydrogens is 338 g/mol. The number of piperazine rings is 1. The quantitative estimate of drug-likeness (QED) is 0.777. The SMILES string of the molecule is CSCCC(NC(=O)N1CCN(C=Cc2ccccc2)CC1)C(=O)O. The van der Waals surface area contributed by atoms with Gasteiger partial charge in [0.05, 0.1) is 0 Å². The van der Waals surface area contributed by atoms with Crippen molar-refractivity contribution in [2.24, 2.45) is 0 Å². The van der Waals surface area contributed by atoms with Crippen LogP contribution >= 0.6 is 11.8 Å². The Morgan fingerprint density at radius 1 is 1.24 bits per heavy atom. The molecule has 136 valence electrons. The first kappa shape index (κ1) is 19.2. The smallest absolute Gasteiger partial charge is 0.326 e. The molecular formula is C18H25N3O3S. The summed E-state index contributed by atoms with van der Waals surface area (Å²) in [6.07, 6.45) is 6.45. The number of rotatable bonds is 7. The highest BCUT2D eigenvalue weighted by atomic mass is 32.2. The zero-order chi connectivity index (χ0) is 18.1. The van der Waals surface area contributed by atoms with Gasteiger partial charge >= 0.3 is 12.0 Å². The lowest BCUT2D eigenvalue weighted by atomic mass is 10.2. The second-order valence-corrected chi connectivity index (χ2v) is 6.86. The Hall–Kier alpha value is -2.15. The maximum absolute atomic E-state index is 12.3. The minimum Gasteiger partial charge on any atom is -0.480 e. The number of nitrogens with one attached hydrogen (secondary N) is 1. The van der Waals surface area contributed by atoms with E-state index in [1.807, 2.05) is 42.8 Å². The van der Waals surface area contributed by atoms with E-state index in [2.05, 4.69) is 16.3 Å². The second kappa shape index (κ2) is 9.98. The maximum Gasteiger partial charge on any atom is 0.326 e. The molecule has 7 heteroatoms. The van der Waals surface area contributed by atoms with Gasteiger partial charge in [-0.1, -0.05) is 30.3 Å². The molecule has 1 fully saturated rings. The predicted molar refractivity (Wildman–Crippen MR) is 102 cm³/mol. The Morgan fingerprint density at radius 2 is 1.92 bits per heavy atom. The third kappa shape index (κ3) is 6.34. The van der Waals surface area contributed by atoms with Gasteiger partial charge in [0.2, 0.25) is 0 Å². The van der Waals surface area contributed by atoms with E-state index in [9.17, 15) is 14.7 Å². The molecule has 1 unspecified atom stereocenters. The summed E-state index contributed by atoms with van der Waals surface area (Å²) >= 11 is 1.57. The fourth-order valence-corrected chi connectivity index (χ4v) is 3.03. The zero-order valence-corrected chi connectivity index (χ0v) is 15.2. The lowest BCUT2D eigenvalue weighted by Crippen LogP contribution is -2.53. The molecule has 1 atom stereocenters. The molecule has 1 heterocycles. The topological polar surface area (TPSA) is 72.9 Å². The van der Waals surface area contributed by atoms with Crippen molar-refractivity contribution in [2.75, 3.05) is 38.2 Å². The normalized spacial score (nSPS) is 16.0. The molecule has 2 rings (SSSR count). The number of nitrogens with zero attached hydrogens (tertiary/aromatic N) is 2. The van der Waals surface area contributed by atoms with Crippen LogP contribution in [0.4, 0.5) is 4.79 Å². The Morgan fingerprint density at radius 3 is 2.52 bits per heavy atom. The van der Waals surface area contributed by atoms with Gasteiger partial charge in [0.25, 0.3) is 0 Å². The molecule has 2 N–H and O–H groups in total. The van der Waals surface area contributed by atoms with Crippen LogP contribution in [0.5, 0.6) is 0 Å². The molecule has 2 amide bonds. The third-order valence-corrected chi connectivity index (χ3v) is 4.73. The van der Waals surface area contributed by atoms with Gasteiger partial charge in [0.1, 0.15) is 6.04 Å². The zero-order valence-electron chi connectivity index (χ0n) is 14.4. The number of carbonyl (C=O) groups is 2. The predicted octanol–water partition coefficient (Wildman–Crippen LogP) is 2.19. The van der Waals surface area contributed by atoms with Gasteiger partial charge in [0.15, 0.2) is 0 Å². The Kier molecular flexibility index (Phi) is 7.66. The van der Waals surface area contributed by atoms with E-state index in [4.69, 9.17) is 0 Å². The molecule has 0 radical (unpaired) electrons. The molecule has 0 spiro atoms. The van der Waals surface area contributed by atoms with E-state index in [1.165, 1.54) is 0 Å². The molecule has 1 aliphatic rings. The summed E-state index contributed by atoms with van der Waals surface area (Å²) < 4.78 is 0. The van der Waals surface area contributed by atoms with Gasteiger partial charge in [-0.05, 0) is 36.3 Å². The molecule has 1 aromatic carbocycles. The molecule has 0 saturated carbocycles. The number of carboxylic acid groups (broad SMARTS) is 1. The molecule has 1 aliphatic heterocycles. The van der Waals surface area contributed by atoms with Crippen molar-refractivity contribution >= 4 is 29.8 Å². The number of carbonyl (C=O) groups excluding carboxylic acids is 1. The highest BCUT2D eigenvalue weighted by molar-refractivity contribution is 7.98. The van der Waals surface area contributed by atoms with Crippen LogP contribution in [0.3, 0.4) is 0 Å². The number of aliphatic carboxylic acids is 1. The van der Waals surface area contributed by atoms with Crippen LogP contribution in [0.25, 0.3) is 6.08 Å². The fraction of sp³-hybridized carbons (Fsp3) is 0.444. The molecule has 1 saturated heterocycles. The van der Waals surface area contributed by atoms with E-state index in [0.717, 1.165) is 18.7 Å². The van der Waals surface area contributed by atoms with Crippen LogP contribution in [0.1, 0.15) is 12.0 Å². The number of benzene rings is 1. The summed E-state index contributed by atoms with van der Waals surface area (Å²) in [7, 11) is 0. The number of hydrogen-bond donors (Lipinski definition) is 2. The van der Waals surface area contributed by atoms with E-state index in [1.54, 1.807) is 16.7 Å². The molecule has 25 heavy (non-hydrogen) atoms. The Labute approximate surface area is 152 Å². The summed E-state index contributed by atoms with van der Waals surface area (Å²) in [5.74, 6) is -0.276. The van der Waals surface area contributed by atoms with Crippen LogP contribution < -0.4 is 5.32 Å². The molecule has 1 aromatic rings. The number of thioether (sulfide) groups is 1. The van der Waals surface area contributed by atoms with E-state index in [-0.39, 0.29) is 6.03 Å². The van der Waals surface area contributed by atoms with Gasteiger partial charge in [-0.25, -0.2) is 9.59 Å². The van der Waals surface area contributed by atoms with Crippen molar-refractivity contribution in [2.45, 2.75) is 12.5 Å². The number of carboxylic acids is 1. The third-order valence-electron chi connectivity index (χ3n) is 4.09. The standard InChI is InChI=1S/C18H25N3O3S/c1-25-14-8-16(17(22)23)19-18(24)21-12-10-20(11-13-21)9-7-15-5-3-2-4-6-15/h2-7,9,16H,8,10-14H2,1H3,(H,19,24)(H,22,23). The van der Waals surface area contributed by atoms with Crippen molar-refractivity contribution in [1.29, 1.82) is 0 Å². The monoisotopic (exact) mass is 363 g/mol. The van der Waals surface area contributed by atoms with Crippen molar-refractivity contribution in [3.8, 4) is 0 Å². The number of urea groups is 1. The van der Waals surface area contributed by atoms with E-state index >= 15 is 0 Å². The summed E-state index contributed by atoms with van der Waals surface area (Å²) in [5.41, 5.74) is 1.14. The van der Waals surface area contributed by atoms with Gasteiger partial charge in [-0.15, -0.1) is 0 Å². The van der Waals surface area contributed by atoms with Crippen LogP contribution in [0.15, 0.2) is 36.5 Å². The van der Waals surface area contributed by atoms with E-state index in [0.29, 0.717) is 25.3 Å². The van der Waals surface area contributed by atoms with Crippen molar-refractivity contribution in [3.05, 3.63) is 42.1 Å². The molecule has 6 nitrogen and oxygen atoms in total. The molecule has 0 aromatic heterocycles. The number of hydrogen-bond acceptors (Lipinski definition) is 4. The highest BCUT2D eigenvalue weighted by Gasteiger charge is 2.24. The average Bonchev–Trinajstić information content (AvgIpc) is 2.64. The van der Waals surface area contributed by atoms with Crippen molar-refractivity contribution in [1.82, 2.24) is 15.1 Å². The largest absolute Gasteiger partial charge is 0.480 e. The Balaban J connectivity index is 1.79. The summed E-state index contributed by atoms with van der Waals surface area (Å²) in [6.45, 7) is 2.64. The van der Waals surface area contributed by atoms with Crippen molar-refractivity contribution < 1.29 is 14.7 Å². The minimum atomic E-state index is -0.980. The average molecular weight is 363 g/mol. The number of amides is 2. The van der Waals surface area contributed by atoms with Crippen LogP contribution in [0, 0.1) is 0 Å². The highest BCUT2D eigenvalue weighted by Crippen LogP contribution is 2.08. The molecule has 0 bridgehead atoms. The second-order valence-electron chi connectivity index (χ2n) is 5.87.